The molecule has 0 aromatic rings. The van der Waals surface area contributed by atoms with Crippen LogP contribution in [-0.4, -0.2) is 0 Å². The van der Waals surface area contributed by atoms with Gasteiger partial charge in [0.25, 0.3) is 0 Å². The lowest BCUT2D eigenvalue weighted by atomic mass is 9.97. The minimum absolute atomic E-state index is 1.20. The Kier molecular flexibility index (Phi) is 2.10. The highest BCUT2D eigenvalue weighted by molar-refractivity contribution is 5.27. The van der Waals surface area contributed by atoms with Crippen molar-refractivity contribution in [3.8, 4) is 0 Å². The summed E-state index contributed by atoms with van der Waals surface area (Å²) in [5.41, 5.74) is 3.13. The number of allylic oxidation sites excluding steroid dienone is 4. The molecule has 0 spiro atoms. The van der Waals surface area contributed by atoms with E-state index < -0.39 is 0 Å². The number of hydrogen-bond donors (Lipinski definition) is 0. The third-order valence-electron chi connectivity index (χ3n) is 1.93. The average Bonchev–Trinajstić information content (AvgIpc) is 1.89. The van der Waals surface area contributed by atoms with Crippen molar-refractivity contribution in [1.82, 2.24) is 0 Å². The van der Waals surface area contributed by atoms with Crippen molar-refractivity contribution in [2.75, 3.05) is 0 Å². The molecule has 0 heteroatoms. The van der Waals surface area contributed by atoms with Crippen LogP contribution >= 0.6 is 0 Å². The van der Waals surface area contributed by atoms with Gasteiger partial charge < -0.3 is 0 Å². The van der Waals surface area contributed by atoms with Gasteiger partial charge in [-0.2, -0.15) is 0 Å². The molecule has 50 valence electrons. The van der Waals surface area contributed by atoms with Gasteiger partial charge in [0.05, 0.1) is 0 Å². The molecule has 1 rings (SSSR count). The topological polar surface area (TPSA) is 0 Å². The Morgan fingerprint density at radius 1 is 1.56 bits per heavy atom. The van der Waals surface area contributed by atoms with E-state index in [1.54, 1.807) is 11.1 Å². The normalized spacial score (nSPS) is 18.9. The van der Waals surface area contributed by atoms with Crippen LogP contribution in [0.4, 0.5) is 0 Å². The Morgan fingerprint density at radius 2 is 2.33 bits per heavy atom. The van der Waals surface area contributed by atoms with E-state index in [1.807, 2.05) is 0 Å². The number of hydrogen-bond acceptors (Lipinski definition) is 0. The minimum atomic E-state index is 1.20. The first-order chi connectivity index (χ1) is 4.34. The van der Waals surface area contributed by atoms with E-state index in [9.17, 15) is 0 Å². The van der Waals surface area contributed by atoms with Gasteiger partial charge in [0, 0.05) is 0 Å². The summed E-state index contributed by atoms with van der Waals surface area (Å²) >= 11 is 0. The van der Waals surface area contributed by atoms with Crippen molar-refractivity contribution in [3.63, 3.8) is 0 Å². The van der Waals surface area contributed by atoms with Crippen molar-refractivity contribution in [2.45, 2.75) is 33.1 Å². The first-order valence-corrected chi connectivity index (χ1v) is 3.69. The van der Waals surface area contributed by atoms with Crippen molar-refractivity contribution >= 4 is 0 Å². The van der Waals surface area contributed by atoms with Crippen LogP contribution in [0.3, 0.4) is 0 Å². The molecule has 1 aliphatic carbocycles. The van der Waals surface area contributed by atoms with Gasteiger partial charge in [-0.1, -0.05) is 24.6 Å². The summed E-state index contributed by atoms with van der Waals surface area (Å²) in [7, 11) is 0. The van der Waals surface area contributed by atoms with Gasteiger partial charge in [0.2, 0.25) is 0 Å². The highest BCUT2D eigenvalue weighted by Crippen LogP contribution is 2.19. The van der Waals surface area contributed by atoms with Crippen LogP contribution in [0.15, 0.2) is 23.3 Å². The van der Waals surface area contributed by atoms with E-state index in [0.29, 0.717) is 0 Å². The molecule has 1 aliphatic rings. The molecule has 0 saturated heterocycles. The summed E-state index contributed by atoms with van der Waals surface area (Å²) in [4.78, 5) is 0. The van der Waals surface area contributed by atoms with Crippen molar-refractivity contribution < 1.29 is 0 Å². The Morgan fingerprint density at radius 3 is 2.78 bits per heavy atom. The van der Waals surface area contributed by atoms with Crippen LogP contribution in [0.1, 0.15) is 33.1 Å². The first-order valence-electron chi connectivity index (χ1n) is 3.69. The molecule has 0 saturated carbocycles. The maximum atomic E-state index is 2.27. The fraction of sp³-hybridized carbons (Fsp3) is 0.556. The summed E-state index contributed by atoms with van der Waals surface area (Å²) in [6, 6.07) is 0. The molecule has 0 atom stereocenters. The van der Waals surface area contributed by atoms with E-state index in [-0.39, 0.29) is 0 Å². The molecule has 0 N–H and O–H groups in total. The van der Waals surface area contributed by atoms with Crippen molar-refractivity contribution in [1.29, 1.82) is 0 Å². The van der Waals surface area contributed by atoms with E-state index in [2.05, 4.69) is 26.0 Å². The molecule has 0 fully saturated rings. The minimum Gasteiger partial charge on any atom is -0.0839 e. The van der Waals surface area contributed by atoms with E-state index >= 15 is 0 Å². The Hall–Kier alpha value is -0.520. The molecule has 0 aromatic heterocycles. The zero-order valence-electron chi connectivity index (χ0n) is 6.28. The maximum absolute atomic E-state index is 2.27. The molecule has 0 bridgehead atoms. The van der Waals surface area contributed by atoms with Gasteiger partial charge in [-0.15, -0.1) is 0 Å². The second kappa shape index (κ2) is 2.86. The van der Waals surface area contributed by atoms with Crippen LogP contribution in [0.2, 0.25) is 0 Å². The van der Waals surface area contributed by atoms with E-state index in [4.69, 9.17) is 0 Å². The summed E-state index contributed by atoms with van der Waals surface area (Å²) in [5.74, 6) is 0. The Bertz CT molecular complexity index is 149. The molecule has 0 amide bonds. The average molecular weight is 122 g/mol. The predicted octanol–water partition coefficient (Wildman–Crippen LogP) is 3.06. The summed E-state index contributed by atoms with van der Waals surface area (Å²) in [5, 5.41) is 0. The summed E-state index contributed by atoms with van der Waals surface area (Å²) < 4.78 is 0. The van der Waals surface area contributed by atoms with Crippen molar-refractivity contribution in [3.05, 3.63) is 23.3 Å². The molecule has 0 aromatic carbocycles. The van der Waals surface area contributed by atoms with Crippen LogP contribution < -0.4 is 0 Å². The molecular formula is C9H14. The quantitative estimate of drug-likeness (QED) is 0.501. The SMILES string of the molecule is CCC1=C(C)CCC=C1. The Labute approximate surface area is 57.3 Å². The zero-order chi connectivity index (χ0) is 6.69. The maximum Gasteiger partial charge on any atom is -0.0282 e. The lowest BCUT2D eigenvalue weighted by Crippen LogP contribution is -1.89. The van der Waals surface area contributed by atoms with Crippen LogP contribution in [-0.2, 0) is 0 Å². The fourth-order valence-corrected chi connectivity index (χ4v) is 1.25. The van der Waals surface area contributed by atoms with Gasteiger partial charge in [-0.25, -0.2) is 0 Å². The highest BCUT2D eigenvalue weighted by Gasteiger charge is 1.99. The largest absolute Gasteiger partial charge is 0.0839 e. The van der Waals surface area contributed by atoms with Crippen LogP contribution in [0.5, 0.6) is 0 Å². The molecular weight excluding hydrogens is 108 g/mol. The van der Waals surface area contributed by atoms with Gasteiger partial charge in [0.1, 0.15) is 0 Å². The number of rotatable bonds is 1. The second-order valence-electron chi connectivity index (χ2n) is 2.60. The lowest BCUT2D eigenvalue weighted by Gasteiger charge is -2.09. The highest BCUT2D eigenvalue weighted by atomic mass is 14.1. The van der Waals surface area contributed by atoms with Crippen molar-refractivity contribution in [2.24, 2.45) is 0 Å². The first kappa shape index (κ1) is 6.60. The van der Waals surface area contributed by atoms with Gasteiger partial charge in [-0.05, 0) is 31.8 Å². The molecule has 9 heavy (non-hydrogen) atoms. The lowest BCUT2D eigenvalue weighted by molar-refractivity contribution is 0.913. The van der Waals surface area contributed by atoms with Gasteiger partial charge in [0.15, 0.2) is 0 Å². The third-order valence-corrected chi connectivity index (χ3v) is 1.93. The molecule has 0 heterocycles. The predicted molar refractivity (Wildman–Crippen MR) is 41.4 cm³/mol. The monoisotopic (exact) mass is 122 g/mol. The fourth-order valence-electron chi connectivity index (χ4n) is 1.25. The Balaban J connectivity index is 2.72. The molecule has 0 nitrogen and oxygen atoms in total. The molecule has 0 unspecified atom stereocenters. The van der Waals surface area contributed by atoms with Crippen LogP contribution in [0.25, 0.3) is 0 Å². The molecule has 0 radical (unpaired) electrons. The smallest absolute Gasteiger partial charge is 0.0282 e. The van der Waals surface area contributed by atoms with E-state index in [0.717, 1.165) is 0 Å². The summed E-state index contributed by atoms with van der Waals surface area (Å²) in [6.07, 6.45) is 8.25. The summed E-state index contributed by atoms with van der Waals surface area (Å²) in [6.45, 7) is 4.46. The third kappa shape index (κ3) is 1.44. The molecule has 0 aliphatic heterocycles. The van der Waals surface area contributed by atoms with E-state index in [1.165, 1.54) is 19.3 Å². The zero-order valence-corrected chi connectivity index (χ0v) is 6.28. The second-order valence-corrected chi connectivity index (χ2v) is 2.60. The van der Waals surface area contributed by atoms with Crippen LogP contribution in [0, 0.1) is 0 Å². The standard InChI is InChI=1S/C9H14/c1-3-9-7-5-4-6-8(9)2/h5,7H,3-4,6H2,1-2H3. The van der Waals surface area contributed by atoms with Gasteiger partial charge >= 0.3 is 0 Å². The van der Waals surface area contributed by atoms with Gasteiger partial charge in [-0.3, -0.25) is 0 Å².